The van der Waals surface area contributed by atoms with Crippen molar-refractivity contribution in [3.8, 4) is 10.6 Å². The molecule has 1 aromatic heterocycles. The summed E-state index contributed by atoms with van der Waals surface area (Å²) in [6.07, 6.45) is 2.38. The number of hydrogen-bond acceptors (Lipinski definition) is 3. The Labute approximate surface area is 103 Å². The summed E-state index contributed by atoms with van der Waals surface area (Å²) < 4.78 is 13.7. The Bertz CT molecular complexity index is 546. The molecule has 0 aliphatic heterocycles. The first-order valence-electron chi connectivity index (χ1n) is 5.74. The van der Waals surface area contributed by atoms with Gasteiger partial charge >= 0.3 is 0 Å². The molecule has 1 aromatic carbocycles. The Kier molecular flexibility index (Phi) is 2.68. The lowest BCUT2D eigenvalue weighted by Crippen LogP contribution is -1.96. The molecule has 0 spiro atoms. The minimum absolute atomic E-state index is 0.216. The molecule has 1 saturated carbocycles. The lowest BCUT2D eigenvalue weighted by atomic mass is 10.2. The van der Waals surface area contributed by atoms with Crippen molar-refractivity contribution < 1.29 is 4.39 Å². The van der Waals surface area contributed by atoms with Crippen LogP contribution in [-0.4, -0.2) is 4.98 Å². The van der Waals surface area contributed by atoms with Gasteiger partial charge in [0.1, 0.15) is 10.8 Å². The fourth-order valence-corrected chi connectivity index (χ4v) is 2.99. The maximum absolute atomic E-state index is 13.7. The van der Waals surface area contributed by atoms with Gasteiger partial charge in [-0.2, -0.15) is 0 Å². The van der Waals surface area contributed by atoms with Gasteiger partial charge in [0.2, 0.25) is 0 Å². The Morgan fingerprint density at radius 3 is 2.76 bits per heavy atom. The number of nitrogens with zero attached hydrogens (tertiary/aromatic N) is 1. The molecule has 0 unspecified atom stereocenters. The zero-order valence-electron chi connectivity index (χ0n) is 9.32. The normalized spacial score (nSPS) is 15.2. The van der Waals surface area contributed by atoms with Gasteiger partial charge in [-0.1, -0.05) is 12.1 Å². The Hall–Kier alpha value is -1.26. The van der Waals surface area contributed by atoms with Crippen LogP contribution >= 0.6 is 11.3 Å². The minimum atomic E-state index is -0.216. The van der Waals surface area contributed by atoms with E-state index < -0.39 is 0 Å². The molecule has 2 aromatic rings. The van der Waals surface area contributed by atoms with Crippen LogP contribution in [0, 0.1) is 5.82 Å². The van der Waals surface area contributed by atoms with Gasteiger partial charge in [-0.25, -0.2) is 9.37 Å². The molecule has 1 heterocycles. The average molecular weight is 248 g/mol. The minimum Gasteiger partial charge on any atom is -0.326 e. The van der Waals surface area contributed by atoms with E-state index in [1.54, 1.807) is 12.1 Å². The second-order valence-corrected chi connectivity index (χ2v) is 5.37. The average Bonchev–Trinajstić information content (AvgIpc) is 3.10. The number of benzene rings is 1. The molecule has 4 heteroatoms. The highest BCUT2D eigenvalue weighted by Gasteiger charge is 2.29. The summed E-state index contributed by atoms with van der Waals surface area (Å²) in [5.41, 5.74) is 7.40. The van der Waals surface area contributed by atoms with Crippen LogP contribution in [0.5, 0.6) is 0 Å². The molecular formula is C13H13FN2S. The van der Waals surface area contributed by atoms with Crippen molar-refractivity contribution in [2.75, 3.05) is 0 Å². The molecule has 2 nitrogen and oxygen atoms in total. The van der Waals surface area contributed by atoms with Crippen molar-refractivity contribution in [3.63, 3.8) is 0 Å². The quantitative estimate of drug-likeness (QED) is 0.905. The molecule has 17 heavy (non-hydrogen) atoms. The van der Waals surface area contributed by atoms with Crippen LogP contribution in [0.15, 0.2) is 24.3 Å². The summed E-state index contributed by atoms with van der Waals surface area (Å²) in [6.45, 7) is 0.498. The third-order valence-electron chi connectivity index (χ3n) is 2.98. The van der Waals surface area contributed by atoms with Gasteiger partial charge in [0.25, 0.3) is 0 Å². The molecule has 0 amide bonds. The highest BCUT2D eigenvalue weighted by molar-refractivity contribution is 7.15. The second kappa shape index (κ2) is 4.20. The number of hydrogen-bond donors (Lipinski definition) is 1. The number of aromatic nitrogens is 1. The number of halogens is 1. The zero-order chi connectivity index (χ0) is 11.8. The van der Waals surface area contributed by atoms with Crippen molar-refractivity contribution in [2.24, 2.45) is 5.73 Å². The molecule has 1 aliphatic rings. The maximum atomic E-state index is 13.7. The van der Waals surface area contributed by atoms with E-state index in [2.05, 4.69) is 4.98 Å². The van der Waals surface area contributed by atoms with Gasteiger partial charge in [-0.3, -0.25) is 0 Å². The van der Waals surface area contributed by atoms with Crippen LogP contribution < -0.4 is 5.73 Å². The molecule has 0 radical (unpaired) electrons. The highest BCUT2D eigenvalue weighted by atomic mass is 32.1. The predicted molar refractivity (Wildman–Crippen MR) is 67.4 cm³/mol. The number of rotatable bonds is 3. The second-order valence-electron chi connectivity index (χ2n) is 4.29. The summed E-state index contributed by atoms with van der Waals surface area (Å²) in [4.78, 5) is 5.68. The van der Waals surface area contributed by atoms with E-state index in [-0.39, 0.29) is 5.82 Å². The van der Waals surface area contributed by atoms with E-state index in [0.29, 0.717) is 18.0 Å². The maximum Gasteiger partial charge on any atom is 0.133 e. The molecule has 2 N–H and O–H groups in total. The van der Waals surface area contributed by atoms with E-state index in [0.717, 1.165) is 15.6 Å². The van der Waals surface area contributed by atoms with Gasteiger partial charge in [0, 0.05) is 22.9 Å². The Morgan fingerprint density at radius 2 is 2.12 bits per heavy atom. The monoisotopic (exact) mass is 248 g/mol. The zero-order valence-corrected chi connectivity index (χ0v) is 10.1. The molecule has 0 atom stereocenters. The third-order valence-corrected chi connectivity index (χ3v) is 4.11. The summed E-state index contributed by atoms with van der Waals surface area (Å²) in [5.74, 6) is 0.345. The first-order chi connectivity index (χ1) is 8.29. The lowest BCUT2D eigenvalue weighted by Gasteiger charge is -1.96. The molecule has 1 aliphatic carbocycles. The first-order valence-corrected chi connectivity index (χ1v) is 6.56. The fraction of sp³-hybridized carbons (Fsp3) is 0.308. The van der Waals surface area contributed by atoms with Crippen molar-refractivity contribution in [1.82, 2.24) is 4.98 Å². The van der Waals surface area contributed by atoms with Crippen molar-refractivity contribution in [2.45, 2.75) is 25.3 Å². The van der Waals surface area contributed by atoms with Crippen molar-refractivity contribution in [3.05, 3.63) is 40.7 Å². The summed E-state index contributed by atoms with van der Waals surface area (Å²) in [7, 11) is 0. The SMILES string of the molecule is NCc1sc(-c2ccccc2F)nc1C1CC1. The first kappa shape index (κ1) is 10.9. The van der Waals surface area contributed by atoms with Crippen LogP contribution in [0.25, 0.3) is 10.6 Å². The Morgan fingerprint density at radius 1 is 1.35 bits per heavy atom. The molecule has 0 saturated heterocycles. The van der Waals surface area contributed by atoms with Gasteiger partial charge in [0.05, 0.1) is 5.69 Å². The summed E-state index contributed by atoms with van der Waals surface area (Å²) >= 11 is 1.52. The van der Waals surface area contributed by atoms with Gasteiger partial charge < -0.3 is 5.73 Å². The third kappa shape index (κ3) is 1.98. The number of nitrogens with two attached hydrogens (primary N) is 1. The van der Waals surface area contributed by atoms with Crippen LogP contribution in [0.2, 0.25) is 0 Å². The number of thiazole rings is 1. The molecule has 3 rings (SSSR count). The molecule has 1 fully saturated rings. The van der Waals surface area contributed by atoms with E-state index in [9.17, 15) is 4.39 Å². The predicted octanol–water partition coefficient (Wildman–Crippen LogP) is 3.29. The van der Waals surface area contributed by atoms with Crippen molar-refractivity contribution in [1.29, 1.82) is 0 Å². The Balaban J connectivity index is 2.06. The van der Waals surface area contributed by atoms with Gasteiger partial charge in [-0.05, 0) is 25.0 Å². The van der Waals surface area contributed by atoms with Gasteiger partial charge in [0.15, 0.2) is 0 Å². The summed E-state index contributed by atoms with van der Waals surface area (Å²) in [5, 5.41) is 0.755. The highest BCUT2D eigenvalue weighted by Crippen LogP contribution is 2.44. The van der Waals surface area contributed by atoms with Crippen LogP contribution in [0.1, 0.15) is 29.3 Å². The smallest absolute Gasteiger partial charge is 0.133 e. The van der Waals surface area contributed by atoms with E-state index >= 15 is 0 Å². The van der Waals surface area contributed by atoms with E-state index in [4.69, 9.17) is 5.73 Å². The molecule has 0 bridgehead atoms. The topological polar surface area (TPSA) is 38.9 Å². The summed E-state index contributed by atoms with van der Waals surface area (Å²) in [6, 6.07) is 6.76. The fourth-order valence-electron chi connectivity index (χ4n) is 1.94. The van der Waals surface area contributed by atoms with E-state index in [1.165, 1.54) is 30.2 Å². The van der Waals surface area contributed by atoms with Crippen LogP contribution in [0.3, 0.4) is 0 Å². The molecular weight excluding hydrogens is 235 g/mol. The van der Waals surface area contributed by atoms with E-state index in [1.807, 2.05) is 6.07 Å². The lowest BCUT2D eigenvalue weighted by molar-refractivity contribution is 0.631. The largest absolute Gasteiger partial charge is 0.326 e. The van der Waals surface area contributed by atoms with Gasteiger partial charge in [-0.15, -0.1) is 11.3 Å². The van der Waals surface area contributed by atoms with Crippen molar-refractivity contribution >= 4 is 11.3 Å². The standard InChI is InChI=1S/C13H13FN2S/c14-10-4-2-1-3-9(10)13-16-12(8-5-6-8)11(7-15)17-13/h1-4,8H,5-7,15H2. The molecule has 88 valence electrons. The van der Waals surface area contributed by atoms with Crippen LogP contribution in [-0.2, 0) is 6.54 Å². The van der Waals surface area contributed by atoms with Crippen LogP contribution in [0.4, 0.5) is 4.39 Å².